The third-order valence-corrected chi connectivity index (χ3v) is 2.69. The Kier molecular flexibility index (Phi) is 2.68. The lowest BCUT2D eigenvalue weighted by molar-refractivity contribution is -0.111. The summed E-state index contributed by atoms with van der Waals surface area (Å²) in [6.07, 6.45) is 1.69. The number of carbonyl (C=O) groups excluding carboxylic acids is 1. The maximum atomic E-state index is 11.6. The first-order valence-corrected chi connectivity index (χ1v) is 5.44. The van der Waals surface area contributed by atoms with Crippen LogP contribution in [0, 0.1) is 0 Å². The molecule has 72 valence electrons. The predicted molar refractivity (Wildman–Crippen MR) is 58.3 cm³/mol. The van der Waals surface area contributed by atoms with Gasteiger partial charge in [-0.3, -0.25) is 4.79 Å². The number of carbonyl (C=O) groups is 1. The zero-order valence-electron chi connectivity index (χ0n) is 7.50. The van der Waals surface area contributed by atoms with Crippen LogP contribution in [0.2, 0.25) is 0 Å². The summed E-state index contributed by atoms with van der Waals surface area (Å²) < 4.78 is 5.23. The zero-order chi connectivity index (χ0) is 9.97. The number of benzene rings is 1. The van der Waals surface area contributed by atoms with Crippen LogP contribution in [0.25, 0.3) is 11.8 Å². The molecular formula is C11H9BrO2. The molecule has 1 aromatic carbocycles. The SMILES string of the molecule is O=C(CBr)C1=c2ccccc2=COC1. The van der Waals surface area contributed by atoms with Gasteiger partial charge in [0.15, 0.2) is 5.78 Å². The Bertz CT molecular complexity index is 476. The van der Waals surface area contributed by atoms with E-state index in [1.807, 2.05) is 24.3 Å². The van der Waals surface area contributed by atoms with E-state index < -0.39 is 0 Å². The second-order valence-electron chi connectivity index (χ2n) is 3.05. The van der Waals surface area contributed by atoms with Crippen LogP contribution in [-0.2, 0) is 9.53 Å². The molecule has 0 spiro atoms. The maximum Gasteiger partial charge on any atom is 0.173 e. The van der Waals surface area contributed by atoms with Crippen molar-refractivity contribution in [2.45, 2.75) is 0 Å². The van der Waals surface area contributed by atoms with Crippen LogP contribution >= 0.6 is 15.9 Å². The highest BCUT2D eigenvalue weighted by Crippen LogP contribution is 2.02. The summed E-state index contributed by atoms with van der Waals surface area (Å²) >= 11 is 3.17. The third kappa shape index (κ3) is 1.60. The summed E-state index contributed by atoms with van der Waals surface area (Å²) in [5.41, 5.74) is 0.750. The van der Waals surface area contributed by atoms with Crippen molar-refractivity contribution in [2.24, 2.45) is 0 Å². The second-order valence-corrected chi connectivity index (χ2v) is 3.61. The standard InChI is InChI=1S/C11H9BrO2/c12-5-11(13)10-7-14-6-8-3-1-2-4-9(8)10/h1-4,6H,5,7H2. The van der Waals surface area contributed by atoms with Crippen molar-refractivity contribution in [3.63, 3.8) is 0 Å². The van der Waals surface area contributed by atoms with Gasteiger partial charge in [-0.15, -0.1) is 0 Å². The average molecular weight is 253 g/mol. The highest BCUT2D eigenvalue weighted by molar-refractivity contribution is 9.09. The van der Waals surface area contributed by atoms with Gasteiger partial charge in [-0.1, -0.05) is 40.2 Å². The van der Waals surface area contributed by atoms with E-state index in [2.05, 4.69) is 15.9 Å². The molecule has 0 unspecified atom stereocenters. The first-order chi connectivity index (χ1) is 6.83. The van der Waals surface area contributed by atoms with Crippen molar-refractivity contribution in [2.75, 3.05) is 11.9 Å². The largest absolute Gasteiger partial charge is 0.496 e. The molecule has 0 atom stereocenters. The van der Waals surface area contributed by atoms with Gasteiger partial charge in [0, 0.05) is 10.8 Å². The summed E-state index contributed by atoms with van der Waals surface area (Å²) in [7, 11) is 0. The molecule has 2 nitrogen and oxygen atoms in total. The summed E-state index contributed by atoms with van der Waals surface area (Å²) in [6.45, 7) is 0.376. The lowest BCUT2D eigenvalue weighted by Gasteiger charge is -2.09. The van der Waals surface area contributed by atoms with E-state index in [4.69, 9.17) is 4.74 Å². The number of ketones is 1. The second kappa shape index (κ2) is 3.96. The van der Waals surface area contributed by atoms with Crippen LogP contribution in [0.1, 0.15) is 0 Å². The van der Waals surface area contributed by atoms with Gasteiger partial charge >= 0.3 is 0 Å². The molecule has 0 bridgehead atoms. The van der Waals surface area contributed by atoms with Crippen molar-refractivity contribution in [3.8, 4) is 0 Å². The lowest BCUT2D eigenvalue weighted by atomic mass is 10.1. The molecular weight excluding hydrogens is 244 g/mol. The van der Waals surface area contributed by atoms with Gasteiger partial charge in [0.2, 0.25) is 0 Å². The first-order valence-electron chi connectivity index (χ1n) is 4.32. The van der Waals surface area contributed by atoms with E-state index in [1.165, 1.54) is 0 Å². The Balaban J connectivity index is 2.71. The lowest BCUT2D eigenvalue weighted by Crippen LogP contribution is -2.34. The fourth-order valence-corrected chi connectivity index (χ4v) is 1.82. The molecule has 1 aromatic rings. The number of halogens is 1. The Morgan fingerprint density at radius 3 is 3.00 bits per heavy atom. The number of rotatable bonds is 2. The molecule has 3 heteroatoms. The van der Waals surface area contributed by atoms with Gasteiger partial charge in [-0.25, -0.2) is 0 Å². The van der Waals surface area contributed by atoms with Gasteiger partial charge in [-0.05, 0) is 5.22 Å². The Morgan fingerprint density at radius 2 is 2.21 bits per heavy atom. The first kappa shape index (κ1) is 9.46. The topological polar surface area (TPSA) is 26.3 Å². The quantitative estimate of drug-likeness (QED) is 0.720. The summed E-state index contributed by atoms with van der Waals surface area (Å²) in [5.74, 6) is 0.0885. The smallest absolute Gasteiger partial charge is 0.173 e. The minimum Gasteiger partial charge on any atom is -0.496 e. The summed E-state index contributed by atoms with van der Waals surface area (Å²) in [6, 6.07) is 7.75. The number of ether oxygens (including phenoxy) is 1. The van der Waals surface area contributed by atoms with Crippen LogP contribution in [-0.4, -0.2) is 17.7 Å². The molecule has 0 fully saturated rings. The maximum absolute atomic E-state index is 11.6. The molecule has 0 aromatic heterocycles. The summed E-state index contributed by atoms with van der Waals surface area (Å²) in [4.78, 5) is 11.6. The predicted octanol–water partition coefficient (Wildman–Crippen LogP) is 0.570. The van der Waals surface area contributed by atoms with Gasteiger partial charge in [0.1, 0.15) is 6.61 Å². The van der Waals surface area contributed by atoms with Gasteiger partial charge in [-0.2, -0.15) is 0 Å². The number of Topliss-reactive ketones (excluding diaryl/α,β-unsaturated/α-hetero) is 1. The fourth-order valence-electron chi connectivity index (χ4n) is 1.48. The van der Waals surface area contributed by atoms with E-state index in [0.29, 0.717) is 11.9 Å². The number of alkyl halides is 1. The van der Waals surface area contributed by atoms with Crippen molar-refractivity contribution in [3.05, 3.63) is 34.7 Å². The average Bonchev–Trinajstić information content (AvgIpc) is 2.27. The van der Waals surface area contributed by atoms with Crippen molar-refractivity contribution >= 4 is 33.5 Å². The van der Waals surface area contributed by atoms with Gasteiger partial charge in [0.25, 0.3) is 0 Å². The Morgan fingerprint density at radius 1 is 1.43 bits per heavy atom. The molecule has 1 aliphatic rings. The van der Waals surface area contributed by atoms with Crippen LogP contribution in [0.5, 0.6) is 0 Å². The molecule has 14 heavy (non-hydrogen) atoms. The van der Waals surface area contributed by atoms with E-state index in [9.17, 15) is 4.79 Å². The van der Waals surface area contributed by atoms with Gasteiger partial charge in [0.05, 0.1) is 11.6 Å². The number of hydrogen-bond acceptors (Lipinski definition) is 2. The highest BCUT2D eigenvalue weighted by Gasteiger charge is 2.12. The van der Waals surface area contributed by atoms with E-state index >= 15 is 0 Å². The molecule has 0 radical (unpaired) electrons. The number of hydrogen-bond donors (Lipinski definition) is 0. The van der Waals surface area contributed by atoms with Gasteiger partial charge < -0.3 is 4.74 Å². The molecule has 2 rings (SSSR count). The van der Waals surface area contributed by atoms with E-state index in [1.54, 1.807) is 6.26 Å². The third-order valence-electron chi connectivity index (χ3n) is 2.18. The molecule has 0 N–H and O–H groups in total. The monoisotopic (exact) mass is 252 g/mol. The van der Waals surface area contributed by atoms with Crippen molar-refractivity contribution < 1.29 is 9.53 Å². The normalized spacial score (nSPS) is 13.9. The number of fused-ring (bicyclic) bond motifs is 1. The Hall–Kier alpha value is -1.09. The molecule has 0 saturated carbocycles. The Labute approximate surface area is 90.0 Å². The van der Waals surface area contributed by atoms with Crippen LogP contribution in [0.15, 0.2) is 24.3 Å². The zero-order valence-corrected chi connectivity index (χ0v) is 9.08. The van der Waals surface area contributed by atoms with E-state index in [-0.39, 0.29) is 5.78 Å². The van der Waals surface area contributed by atoms with Crippen LogP contribution in [0.3, 0.4) is 0 Å². The fraction of sp³-hybridized carbons (Fsp3) is 0.182. The van der Waals surface area contributed by atoms with Crippen molar-refractivity contribution in [1.82, 2.24) is 0 Å². The minimum atomic E-state index is 0.0885. The molecule has 1 aliphatic heterocycles. The molecule has 0 amide bonds. The van der Waals surface area contributed by atoms with Crippen LogP contribution in [0.4, 0.5) is 0 Å². The molecule has 1 heterocycles. The highest BCUT2D eigenvalue weighted by atomic mass is 79.9. The van der Waals surface area contributed by atoms with E-state index in [0.717, 1.165) is 16.0 Å². The molecule has 0 aliphatic carbocycles. The molecule has 0 saturated heterocycles. The minimum absolute atomic E-state index is 0.0885. The van der Waals surface area contributed by atoms with Crippen LogP contribution < -0.4 is 10.4 Å². The summed E-state index contributed by atoms with van der Waals surface area (Å²) in [5, 5.41) is 2.31. The van der Waals surface area contributed by atoms with Crippen molar-refractivity contribution in [1.29, 1.82) is 0 Å².